The molecular weight excluding hydrogens is 409 g/mol. The van der Waals surface area contributed by atoms with Crippen molar-refractivity contribution in [2.75, 3.05) is 20.1 Å². The van der Waals surface area contributed by atoms with E-state index in [1.54, 1.807) is 0 Å². The molecule has 0 atom stereocenters. The van der Waals surface area contributed by atoms with Gasteiger partial charge in [-0.2, -0.15) is 17.5 Å². The smallest absolute Gasteiger partial charge is 0.416 e. The number of furan rings is 1. The Morgan fingerprint density at radius 3 is 2.28 bits per heavy atom. The van der Waals surface area contributed by atoms with Crippen molar-refractivity contribution in [1.29, 1.82) is 0 Å². The van der Waals surface area contributed by atoms with E-state index in [2.05, 4.69) is 0 Å². The minimum atomic E-state index is -4.43. The van der Waals surface area contributed by atoms with Crippen molar-refractivity contribution < 1.29 is 30.8 Å². The minimum absolute atomic E-state index is 0.0475. The Morgan fingerprint density at radius 2 is 1.69 bits per heavy atom. The number of benzene rings is 1. The van der Waals surface area contributed by atoms with Crippen molar-refractivity contribution in [3.05, 3.63) is 53.3 Å². The van der Waals surface area contributed by atoms with Crippen LogP contribution in [0.5, 0.6) is 0 Å². The molecule has 1 saturated heterocycles. The Hall–Kier alpha value is -2.33. The molecule has 0 unspecified atom stereocenters. The number of alkyl halides is 3. The van der Waals surface area contributed by atoms with E-state index in [1.807, 2.05) is 0 Å². The zero-order chi connectivity index (χ0) is 21.2. The van der Waals surface area contributed by atoms with Crippen LogP contribution in [0.15, 0.2) is 45.9 Å². The molecule has 29 heavy (non-hydrogen) atoms. The monoisotopic (exact) mass is 430 g/mol. The lowest BCUT2D eigenvalue weighted by Gasteiger charge is -2.24. The summed E-state index contributed by atoms with van der Waals surface area (Å²) in [6.07, 6.45) is -1.89. The van der Waals surface area contributed by atoms with Crippen molar-refractivity contribution in [2.45, 2.75) is 37.1 Å². The van der Waals surface area contributed by atoms with Gasteiger partial charge in [-0.3, -0.25) is 4.79 Å². The summed E-state index contributed by atoms with van der Waals surface area (Å²) in [7, 11) is -2.33. The number of rotatable bonds is 5. The molecule has 0 N–H and O–H groups in total. The number of carbonyl (C=O) groups excluding carboxylic acids is 1. The van der Waals surface area contributed by atoms with E-state index in [4.69, 9.17) is 4.42 Å². The number of carbonyl (C=O) groups is 1. The summed E-state index contributed by atoms with van der Waals surface area (Å²) in [5.41, 5.74) is -0.268. The van der Waals surface area contributed by atoms with Gasteiger partial charge in [-0.15, -0.1) is 0 Å². The van der Waals surface area contributed by atoms with Crippen molar-refractivity contribution in [1.82, 2.24) is 9.21 Å². The van der Waals surface area contributed by atoms with Crippen LogP contribution in [-0.2, 0) is 22.7 Å². The van der Waals surface area contributed by atoms with Crippen LogP contribution in [0, 0.1) is 0 Å². The third-order valence-electron chi connectivity index (χ3n) is 4.75. The van der Waals surface area contributed by atoms with Crippen molar-refractivity contribution in [3.8, 4) is 0 Å². The number of hydrogen-bond donors (Lipinski definition) is 0. The molecule has 2 aromatic rings. The highest BCUT2D eigenvalue weighted by Crippen LogP contribution is 2.29. The molecule has 1 aromatic carbocycles. The van der Waals surface area contributed by atoms with E-state index in [0.29, 0.717) is 18.7 Å². The maximum Gasteiger partial charge on any atom is 0.416 e. The number of halogens is 3. The van der Waals surface area contributed by atoms with Gasteiger partial charge in [-0.1, -0.05) is 18.6 Å². The lowest BCUT2D eigenvalue weighted by Crippen LogP contribution is -2.35. The van der Waals surface area contributed by atoms with Gasteiger partial charge < -0.3 is 9.32 Å². The van der Waals surface area contributed by atoms with Crippen LogP contribution < -0.4 is 0 Å². The first kappa shape index (κ1) is 21.4. The lowest BCUT2D eigenvalue weighted by molar-refractivity contribution is -0.137. The molecule has 158 valence electrons. The van der Waals surface area contributed by atoms with Crippen molar-refractivity contribution in [2.24, 2.45) is 0 Å². The second-order valence-electron chi connectivity index (χ2n) is 6.94. The quantitative estimate of drug-likeness (QED) is 0.725. The number of nitrogens with zero attached hydrogens (tertiary/aromatic N) is 2. The fourth-order valence-corrected chi connectivity index (χ4v) is 4.57. The minimum Gasteiger partial charge on any atom is -0.438 e. The molecule has 3 rings (SSSR count). The van der Waals surface area contributed by atoms with E-state index in [1.165, 1.54) is 40.5 Å². The van der Waals surface area contributed by atoms with E-state index in [0.717, 1.165) is 31.4 Å². The van der Waals surface area contributed by atoms with Crippen LogP contribution in [0.25, 0.3) is 0 Å². The van der Waals surface area contributed by atoms with Gasteiger partial charge >= 0.3 is 6.18 Å². The molecule has 0 saturated carbocycles. The molecule has 6 nitrogen and oxygen atoms in total. The van der Waals surface area contributed by atoms with Crippen molar-refractivity contribution in [3.63, 3.8) is 0 Å². The van der Waals surface area contributed by atoms with Crippen LogP contribution in [0.2, 0.25) is 0 Å². The van der Waals surface area contributed by atoms with E-state index in [9.17, 15) is 26.4 Å². The largest absolute Gasteiger partial charge is 0.438 e. The number of sulfonamides is 1. The second-order valence-corrected chi connectivity index (χ2v) is 8.81. The first-order valence-corrected chi connectivity index (χ1v) is 10.5. The lowest BCUT2D eigenvalue weighted by atomic mass is 10.1. The predicted octanol–water partition coefficient (Wildman–Crippen LogP) is 3.75. The molecule has 10 heteroatoms. The van der Waals surface area contributed by atoms with Gasteiger partial charge in [-0.25, -0.2) is 8.42 Å². The summed E-state index contributed by atoms with van der Waals surface area (Å²) in [4.78, 5) is 13.8. The molecule has 1 aromatic heterocycles. The maximum atomic E-state index is 12.6. The topological polar surface area (TPSA) is 70.8 Å². The Morgan fingerprint density at radius 1 is 1.07 bits per heavy atom. The fourth-order valence-electron chi connectivity index (χ4n) is 3.14. The second kappa shape index (κ2) is 8.19. The van der Waals surface area contributed by atoms with E-state index >= 15 is 0 Å². The third-order valence-corrected chi connectivity index (χ3v) is 6.52. The summed E-state index contributed by atoms with van der Waals surface area (Å²) in [6, 6.07) is 7.03. The van der Waals surface area contributed by atoms with Gasteiger partial charge in [0, 0.05) is 26.7 Å². The Balaban J connectivity index is 1.69. The predicted molar refractivity (Wildman–Crippen MR) is 98.6 cm³/mol. The summed E-state index contributed by atoms with van der Waals surface area (Å²) >= 11 is 0. The summed E-state index contributed by atoms with van der Waals surface area (Å²) in [6.45, 7) is 0.881. The average molecular weight is 430 g/mol. The van der Waals surface area contributed by atoms with Crippen LogP contribution in [0.1, 0.15) is 40.9 Å². The van der Waals surface area contributed by atoms with Crippen LogP contribution >= 0.6 is 0 Å². The first-order chi connectivity index (χ1) is 13.6. The molecule has 2 heterocycles. The summed E-state index contributed by atoms with van der Waals surface area (Å²) in [5, 5.41) is -0.286. The SMILES string of the molecule is CN(Cc1ccc(C(F)(F)F)cc1)C(=O)c1ccc(S(=O)(=O)N2CCCCC2)o1. The molecule has 0 spiro atoms. The Kier molecular flexibility index (Phi) is 6.04. The fraction of sp³-hybridized carbons (Fsp3) is 0.421. The molecule has 1 aliphatic heterocycles. The number of hydrogen-bond acceptors (Lipinski definition) is 4. The van der Waals surface area contributed by atoms with Gasteiger partial charge in [0.2, 0.25) is 5.09 Å². The highest BCUT2D eigenvalue weighted by molar-refractivity contribution is 7.89. The standard InChI is InChI=1S/C19H21F3N2O4S/c1-23(13-14-5-7-15(8-6-14)19(20,21)22)18(25)16-9-10-17(28-16)29(26,27)24-11-3-2-4-12-24/h5-10H,2-4,11-13H2,1H3. The van der Waals surface area contributed by atoms with E-state index in [-0.39, 0.29) is 17.4 Å². The van der Waals surface area contributed by atoms with Gasteiger partial charge in [0.05, 0.1) is 5.56 Å². The summed E-state index contributed by atoms with van der Waals surface area (Å²) < 4.78 is 69.8. The van der Waals surface area contributed by atoms with Gasteiger partial charge in [0.1, 0.15) is 0 Å². The Labute approximate surface area is 167 Å². The normalized spacial score (nSPS) is 16.0. The molecule has 0 bridgehead atoms. The Bertz CT molecular complexity index is 962. The number of piperidine rings is 1. The highest BCUT2D eigenvalue weighted by atomic mass is 32.2. The van der Waals surface area contributed by atoms with Crippen LogP contribution in [-0.4, -0.2) is 43.7 Å². The number of amides is 1. The summed E-state index contributed by atoms with van der Waals surface area (Å²) in [5.74, 6) is -0.708. The van der Waals surface area contributed by atoms with Crippen molar-refractivity contribution >= 4 is 15.9 Å². The average Bonchev–Trinajstić information content (AvgIpc) is 3.19. The van der Waals surface area contributed by atoms with E-state index < -0.39 is 27.7 Å². The molecule has 1 amide bonds. The van der Waals surface area contributed by atoms with Gasteiger partial charge in [0.15, 0.2) is 5.76 Å². The molecule has 1 aliphatic rings. The molecular formula is C19H21F3N2O4S. The zero-order valence-corrected chi connectivity index (χ0v) is 16.6. The highest BCUT2D eigenvalue weighted by Gasteiger charge is 2.31. The molecule has 0 aliphatic carbocycles. The van der Waals surface area contributed by atoms with Gasteiger partial charge in [-0.05, 0) is 42.7 Å². The van der Waals surface area contributed by atoms with Gasteiger partial charge in [0.25, 0.3) is 15.9 Å². The first-order valence-electron chi connectivity index (χ1n) is 9.10. The van der Waals surface area contributed by atoms with Crippen LogP contribution in [0.3, 0.4) is 0 Å². The zero-order valence-electron chi connectivity index (χ0n) is 15.8. The maximum absolute atomic E-state index is 12.6. The third kappa shape index (κ3) is 4.81. The van der Waals surface area contributed by atoms with Crippen LogP contribution in [0.4, 0.5) is 13.2 Å². The molecule has 0 radical (unpaired) electrons. The molecule has 1 fully saturated rings.